The van der Waals surface area contributed by atoms with Crippen LogP contribution in [0.15, 0.2) is 22.6 Å². The molecule has 168 valence electrons. The summed E-state index contributed by atoms with van der Waals surface area (Å²) in [6.45, 7) is 7.43. The van der Waals surface area contributed by atoms with Crippen molar-refractivity contribution in [3.63, 3.8) is 0 Å². The number of benzene rings is 1. The van der Waals surface area contributed by atoms with Gasteiger partial charge in [0, 0.05) is 31.9 Å². The van der Waals surface area contributed by atoms with Crippen molar-refractivity contribution < 1.29 is 18.3 Å². The minimum Gasteiger partial charge on any atom is -0.425 e. The average molecular weight is 431 g/mol. The molecule has 1 N–H and O–H groups in total. The molecule has 0 bridgehead atoms. The molecule has 4 rings (SSSR count). The third-order valence-corrected chi connectivity index (χ3v) is 5.73. The fraction of sp³-hybridized carbons (Fsp3) is 0.565. The number of carbonyl (C=O) groups is 1. The van der Waals surface area contributed by atoms with Crippen LogP contribution in [0.3, 0.4) is 0 Å². The van der Waals surface area contributed by atoms with E-state index >= 15 is 0 Å². The van der Waals surface area contributed by atoms with Crippen LogP contribution in [-0.2, 0) is 11.3 Å². The number of carbonyl (C=O) groups excluding carboxylic acids is 1. The highest BCUT2D eigenvalue weighted by Crippen LogP contribution is 2.27. The van der Waals surface area contributed by atoms with Crippen LogP contribution in [0.25, 0.3) is 0 Å². The molecule has 2 saturated heterocycles. The van der Waals surface area contributed by atoms with Crippen LogP contribution in [0.5, 0.6) is 0 Å². The summed E-state index contributed by atoms with van der Waals surface area (Å²) in [4.78, 5) is 21.5. The molecule has 8 heteroatoms. The predicted octanol–water partition coefficient (Wildman–Crippen LogP) is 4.58. The number of halogens is 1. The number of hydrogen-bond donors (Lipinski definition) is 1. The van der Waals surface area contributed by atoms with Crippen molar-refractivity contribution >= 4 is 23.3 Å². The maximum atomic E-state index is 14.7. The summed E-state index contributed by atoms with van der Waals surface area (Å²) >= 11 is 0. The molecule has 0 spiro atoms. The van der Waals surface area contributed by atoms with Gasteiger partial charge in [-0.05, 0) is 64.2 Å². The zero-order chi connectivity index (χ0) is 21.8. The molecule has 0 radical (unpaired) electrons. The Morgan fingerprint density at radius 3 is 2.48 bits per heavy atom. The summed E-state index contributed by atoms with van der Waals surface area (Å²) in [5.41, 5.74) is 1.16. The largest absolute Gasteiger partial charge is 0.425 e. The van der Waals surface area contributed by atoms with E-state index in [0.717, 1.165) is 51.9 Å². The summed E-state index contributed by atoms with van der Waals surface area (Å²) in [6.07, 6.45) is 5.48. The zero-order valence-corrected chi connectivity index (χ0v) is 18.3. The van der Waals surface area contributed by atoms with E-state index in [1.807, 2.05) is 18.7 Å². The van der Waals surface area contributed by atoms with Crippen molar-refractivity contribution in [2.24, 2.45) is 0 Å². The molecule has 2 aromatic rings. The Labute approximate surface area is 182 Å². The highest BCUT2D eigenvalue weighted by atomic mass is 19.1. The van der Waals surface area contributed by atoms with Gasteiger partial charge in [-0.25, -0.2) is 4.39 Å². The predicted molar refractivity (Wildman–Crippen MR) is 118 cm³/mol. The number of oxazole rings is 1. The Hall–Kier alpha value is -2.61. The van der Waals surface area contributed by atoms with E-state index in [-0.39, 0.29) is 24.2 Å². The lowest BCUT2D eigenvalue weighted by Crippen LogP contribution is -2.30. The maximum absolute atomic E-state index is 14.7. The SMILES string of the molecule is CC(C)OCc1oc(N2CCCC2)nc1C(=O)Nc1ccc(N2CCCCC2)c(F)c1. The summed E-state index contributed by atoms with van der Waals surface area (Å²) in [5, 5.41) is 2.77. The summed E-state index contributed by atoms with van der Waals surface area (Å²) < 4.78 is 26.3. The molecule has 1 aromatic carbocycles. The molecular weight excluding hydrogens is 399 g/mol. The average Bonchev–Trinajstić information content (AvgIpc) is 3.43. The van der Waals surface area contributed by atoms with Gasteiger partial charge in [-0.2, -0.15) is 4.98 Å². The van der Waals surface area contributed by atoms with Crippen molar-refractivity contribution in [2.45, 2.75) is 58.7 Å². The third-order valence-electron chi connectivity index (χ3n) is 5.73. The third kappa shape index (κ3) is 5.18. The summed E-state index contributed by atoms with van der Waals surface area (Å²) in [6, 6.07) is 5.28. The van der Waals surface area contributed by atoms with Gasteiger partial charge in [0.15, 0.2) is 11.5 Å². The van der Waals surface area contributed by atoms with E-state index < -0.39 is 5.91 Å². The van der Waals surface area contributed by atoms with Crippen molar-refractivity contribution in [3.05, 3.63) is 35.5 Å². The van der Waals surface area contributed by atoms with Gasteiger partial charge < -0.3 is 24.3 Å². The number of anilines is 3. The molecule has 0 aliphatic carbocycles. The monoisotopic (exact) mass is 430 g/mol. The second-order valence-electron chi connectivity index (χ2n) is 8.49. The molecule has 1 aromatic heterocycles. The minimum atomic E-state index is -0.429. The second-order valence-corrected chi connectivity index (χ2v) is 8.49. The number of nitrogens with one attached hydrogen (secondary N) is 1. The zero-order valence-electron chi connectivity index (χ0n) is 18.3. The Kier molecular flexibility index (Phi) is 6.75. The first kappa shape index (κ1) is 21.6. The highest BCUT2D eigenvalue weighted by Gasteiger charge is 2.25. The van der Waals surface area contributed by atoms with Gasteiger partial charge in [-0.3, -0.25) is 4.79 Å². The van der Waals surface area contributed by atoms with Gasteiger partial charge in [0.25, 0.3) is 11.9 Å². The quantitative estimate of drug-likeness (QED) is 0.693. The second kappa shape index (κ2) is 9.68. The number of rotatable bonds is 7. The molecule has 2 aliphatic heterocycles. The van der Waals surface area contributed by atoms with E-state index in [2.05, 4.69) is 15.2 Å². The molecule has 31 heavy (non-hydrogen) atoms. The minimum absolute atomic E-state index is 0.00678. The van der Waals surface area contributed by atoms with Crippen LogP contribution in [0.1, 0.15) is 62.2 Å². The standard InChI is InChI=1S/C23H31FN4O3/c1-16(2)30-15-20-21(26-23(31-20)28-12-6-7-13-28)22(29)25-17-8-9-19(18(24)14-17)27-10-4-3-5-11-27/h8-9,14,16H,3-7,10-13,15H2,1-2H3,(H,25,29). The first-order chi connectivity index (χ1) is 15.0. The number of piperidine rings is 1. The normalized spacial score (nSPS) is 16.9. The smallest absolute Gasteiger partial charge is 0.298 e. The molecule has 1 amide bonds. The maximum Gasteiger partial charge on any atom is 0.298 e. The molecule has 0 unspecified atom stereocenters. The number of amides is 1. The van der Waals surface area contributed by atoms with E-state index in [1.165, 1.54) is 12.5 Å². The molecular formula is C23H31FN4O3. The lowest BCUT2D eigenvalue weighted by atomic mass is 10.1. The molecule has 3 heterocycles. The lowest BCUT2D eigenvalue weighted by molar-refractivity contribution is 0.0539. The Morgan fingerprint density at radius 2 is 1.81 bits per heavy atom. The van der Waals surface area contributed by atoms with E-state index in [1.54, 1.807) is 12.1 Å². The lowest BCUT2D eigenvalue weighted by Gasteiger charge is -2.29. The first-order valence-electron chi connectivity index (χ1n) is 11.2. The molecule has 7 nitrogen and oxygen atoms in total. The van der Waals surface area contributed by atoms with Crippen molar-refractivity contribution in [1.82, 2.24) is 4.98 Å². The summed E-state index contributed by atoms with van der Waals surface area (Å²) in [5.74, 6) is -0.374. The van der Waals surface area contributed by atoms with Gasteiger partial charge in [0.05, 0.1) is 11.8 Å². The summed E-state index contributed by atoms with van der Waals surface area (Å²) in [7, 11) is 0. The Bertz CT molecular complexity index is 902. The number of aromatic nitrogens is 1. The van der Waals surface area contributed by atoms with Crippen LogP contribution < -0.4 is 15.1 Å². The molecule has 2 aliphatic rings. The van der Waals surface area contributed by atoms with Crippen LogP contribution >= 0.6 is 0 Å². The van der Waals surface area contributed by atoms with Gasteiger partial charge in [0.2, 0.25) is 0 Å². The fourth-order valence-electron chi connectivity index (χ4n) is 4.07. The Morgan fingerprint density at radius 1 is 1.13 bits per heavy atom. The molecule has 0 atom stereocenters. The van der Waals surface area contributed by atoms with Crippen molar-refractivity contribution in [2.75, 3.05) is 41.3 Å². The van der Waals surface area contributed by atoms with Gasteiger partial charge in [0.1, 0.15) is 12.4 Å². The van der Waals surface area contributed by atoms with Crippen LogP contribution in [-0.4, -0.2) is 43.2 Å². The van der Waals surface area contributed by atoms with Crippen molar-refractivity contribution in [3.8, 4) is 0 Å². The van der Waals surface area contributed by atoms with Crippen molar-refractivity contribution in [1.29, 1.82) is 0 Å². The van der Waals surface area contributed by atoms with Crippen LogP contribution in [0.4, 0.5) is 21.8 Å². The van der Waals surface area contributed by atoms with E-state index in [0.29, 0.717) is 23.1 Å². The highest BCUT2D eigenvalue weighted by molar-refractivity contribution is 6.03. The Balaban J connectivity index is 1.51. The van der Waals surface area contributed by atoms with Crippen LogP contribution in [0.2, 0.25) is 0 Å². The molecule has 0 saturated carbocycles. The van der Waals surface area contributed by atoms with Gasteiger partial charge in [-0.15, -0.1) is 0 Å². The topological polar surface area (TPSA) is 70.8 Å². The van der Waals surface area contributed by atoms with Gasteiger partial charge >= 0.3 is 0 Å². The van der Waals surface area contributed by atoms with Crippen LogP contribution in [0, 0.1) is 5.82 Å². The van der Waals surface area contributed by atoms with Gasteiger partial charge in [-0.1, -0.05) is 0 Å². The number of nitrogens with zero attached hydrogens (tertiary/aromatic N) is 3. The number of hydrogen-bond acceptors (Lipinski definition) is 6. The van der Waals surface area contributed by atoms with E-state index in [9.17, 15) is 9.18 Å². The first-order valence-corrected chi connectivity index (χ1v) is 11.2. The fourth-order valence-corrected chi connectivity index (χ4v) is 4.07. The molecule has 2 fully saturated rings. The number of ether oxygens (including phenoxy) is 1. The van der Waals surface area contributed by atoms with E-state index in [4.69, 9.17) is 9.15 Å².